The number of hydrogen-bond acceptors (Lipinski definition) is 5. The van der Waals surface area contributed by atoms with Crippen LogP contribution >= 0.6 is 0 Å². The summed E-state index contributed by atoms with van der Waals surface area (Å²) in [5.74, 6) is 0.782. The summed E-state index contributed by atoms with van der Waals surface area (Å²) in [5, 5.41) is 2.91. The Morgan fingerprint density at radius 1 is 1.18 bits per heavy atom. The molecular weight excluding hydrogens is 352 g/mol. The van der Waals surface area contributed by atoms with Crippen LogP contribution in [-0.2, 0) is 16.0 Å². The molecule has 1 aromatic carbocycles. The van der Waals surface area contributed by atoms with Gasteiger partial charge in [0.05, 0.1) is 5.60 Å². The van der Waals surface area contributed by atoms with Crippen molar-refractivity contribution in [2.24, 2.45) is 0 Å². The first-order valence-corrected chi connectivity index (χ1v) is 9.87. The van der Waals surface area contributed by atoms with Crippen LogP contribution in [0.1, 0.15) is 39.2 Å². The highest BCUT2D eigenvalue weighted by Gasteiger charge is 2.30. The van der Waals surface area contributed by atoms with Crippen molar-refractivity contribution in [1.82, 2.24) is 15.3 Å². The minimum absolute atomic E-state index is 0.00177. The van der Waals surface area contributed by atoms with E-state index in [2.05, 4.69) is 51.4 Å². The average molecular weight is 383 g/mol. The van der Waals surface area contributed by atoms with E-state index in [-0.39, 0.29) is 17.6 Å². The van der Waals surface area contributed by atoms with Gasteiger partial charge in [0.15, 0.2) is 0 Å². The zero-order valence-corrected chi connectivity index (χ0v) is 17.2. The fourth-order valence-corrected chi connectivity index (χ4v) is 3.60. The highest BCUT2D eigenvalue weighted by Crippen LogP contribution is 2.27. The second kappa shape index (κ2) is 8.69. The number of anilines is 1. The molecule has 1 aromatic heterocycles. The molecular formula is C22H30N4O2. The quantitative estimate of drug-likeness (QED) is 0.831. The molecule has 1 fully saturated rings. The van der Waals surface area contributed by atoms with Gasteiger partial charge in [0.1, 0.15) is 0 Å². The molecule has 2 aromatic rings. The number of piperidine rings is 1. The summed E-state index contributed by atoms with van der Waals surface area (Å²) < 4.78 is 5.60. The van der Waals surface area contributed by atoms with Crippen molar-refractivity contribution >= 4 is 11.9 Å². The average Bonchev–Trinajstić information content (AvgIpc) is 2.69. The lowest BCUT2D eigenvalue weighted by atomic mass is 9.93. The number of ether oxygens (including phenoxy) is 1. The SMILES string of the molecule is COC1(C)CCN(c2ncc(-c3ccc(CC(C)NC(C)=O)cc3)cn2)CC1. The van der Waals surface area contributed by atoms with Crippen LogP contribution < -0.4 is 10.2 Å². The molecule has 0 spiro atoms. The molecule has 0 bridgehead atoms. The van der Waals surface area contributed by atoms with Gasteiger partial charge >= 0.3 is 0 Å². The van der Waals surface area contributed by atoms with Crippen molar-refractivity contribution in [3.63, 3.8) is 0 Å². The maximum atomic E-state index is 11.1. The number of methoxy groups -OCH3 is 1. The van der Waals surface area contributed by atoms with E-state index in [1.54, 1.807) is 14.0 Å². The molecule has 1 N–H and O–H groups in total. The van der Waals surface area contributed by atoms with Crippen LogP contribution in [-0.4, -0.2) is 47.7 Å². The first-order chi connectivity index (χ1) is 13.4. The normalized spacial score (nSPS) is 17.2. The topological polar surface area (TPSA) is 67.3 Å². The van der Waals surface area contributed by atoms with Crippen molar-refractivity contribution in [3.8, 4) is 11.1 Å². The van der Waals surface area contributed by atoms with Crippen LogP contribution in [0.15, 0.2) is 36.7 Å². The van der Waals surface area contributed by atoms with E-state index in [0.29, 0.717) is 0 Å². The van der Waals surface area contributed by atoms with Crippen molar-refractivity contribution < 1.29 is 9.53 Å². The van der Waals surface area contributed by atoms with Crippen LogP contribution in [0.3, 0.4) is 0 Å². The molecule has 1 unspecified atom stereocenters. The number of amides is 1. The van der Waals surface area contributed by atoms with Gasteiger partial charge in [-0.2, -0.15) is 0 Å². The monoisotopic (exact) mass is 382 g/mol. The van der Waals surface area contributed by atoms with Gasteiger partial charge in [-0.05, 0) is 44.2 Å². The van der Waals surface area contributed by atoms with Crippen LogP contribution in [0, 0.1) is 0 Å². The van der Waals surface area contributed by atoms with E-state index in [1.165, 1.54) is 5.56 Å². The summed E-state index contributed by atoms with van der Waals surface area (Å²) in [4.78, 5) is 22.5. The second-order valence-electron chi connectivity index (χ2n) is 7.92. The molecule has 3 rings (SSSR count). The first-order valence-electron chi connectivity index (χ1n) is 9.87. The summed E-state index contributed by atoms with van der Waals surface area (Å²) in [6.07, 6.45) is 6.55. The molecule has 1 saturated heterocycles. The molecule has 150 valence electrons. The van der Waals surface area contributed by atoms with Crippen molar-refractivity contribution in [3.05, 3.63) is 42.2 Å². The molecule has 0 radical (unpaired) electrons. The minimum atomic E-state index is -0.0321. The molecule has 6 heteroatoms. The fourth-order valence-electron chi connectivity index (χ4n) is 3.60. The Balaban J connectivity index is 1.61. The number of nitrogens with one attached hydrogen (secondary N) is 1. The summed E-state index contributed by atoms with van der Waals surface area (Å²) in [7, 11) is 1.78. The third kappa shape index (κ3) is 5.07. The molecule has 1 aliphatic rings. The van der Waals surface area contributed by atoms with Gasteiger partial charge in [-0.25, -0.2) is 9.97 Å². The number of rotatable bonds is 6. The lowest BCUT2D eigenvalue weighted by Gasteiger charge is -2.38. The lowest BCUT2D eigenvalue weighted by molar-refractivity contribution is -0.119. The van der Waals surface area contributed by atoms with Gasteiger partial charge in [0.2, 0.25) is 11.9 Å². The number of benzene rings is 1. The number of aromatic nitrogens is 2. The highest BCUT2D eigenvalue weighted by atomic mass is 16.5. The molecule has 1 atom stereocenters. The van der Waals surface area contributed by atoms with Gasteiger partial charge in [0.25, 0.3) is 0 Å². The highest BCUT2D eigenvalue weighted by molar-refractivity contribution is 5.73. The van der Waals surface area contributed by atoms with Crippen molar-refractivity contribution in [2.45, 2.75) is 51.7 Å². The Morgan fingerprint density at radius 3 is 2.32 bits per heavy atom. The predicted molar refractivity (Wildman–Crippen MR) is 111 cm³/mol. The molecule has 6 nitrogen and oxygen atoms in total. The van der Waals surface area contributed by atoms with E-state index >= 15 is 0 Å². The standard InChI is InChI=1S/C22H30N4O2/c1-16(25-17(2)27)13-18-5-7-19(8-6-18)20-14-23-21(24-15-20)26-11-9-22(3,28-4)10-12-26/h5-8,14-16H,9-13H2,1-4H3,(H,25,27). The third-order valence-corrected chi connectivity index (χ3v) is 5.51. The molecule has 1 amide bonds. The Kier molecular flexibility index (Phi) is 6.29. The largest absolute Gasteiger partial charge is 0.378 e. The predicted octanol–water partition coefficient (Wildman–Crippen LogP) is 3.22. The van der Waals surface area contributed by atoms with E-state index in [1.807, 2.05) is 19.3 Å². The zero-order chi connectivity index (χ0) is 20.1. The Morgan fingerprint density at radius 2 is 1.79 bits per heavy atom. The molecule has 0 saturated carbocycles. The third-order valence-electron chi connectivity index (χ3n) is 5.51. The molecule has 2 heterocycles. The van der Waals surface area contributed by atoms with E-state index in [9.17, 15) is 4.79 Å². The van der Waals surface area contributed by atoms with Gasteiger partial charge < -0.3 is 15.0 Å². The van der Waals surface area contributed by atoms with Crippen molar-refractivity contribution in [1.29, 1.82) is 0 Å². The smallest absolute Gasteiger partial charge is 0.225 e. The molecule has 1 aliphatic heterocycles. The number of carbonyl (C=O) groups excluding carboxylic acids is 1. The van der Waals surface area contributed by atoms with Crippen molar-refractivity contribution in [2.75, 3.05) is 25.1 Å². The fraction of sp³-hybridized carbons (Fsp3) is 0.500. The molecule has 28 heavy (non-hydrogen) atoms. The summed E-state index contributed by atoms with van der Waals surface area (Å²) >= 11 is 0. The van der Waals surface area contributed by atoms with Gasteiger partial charge in [-0.1, -0.05) is 24.3 Å². The summed E-state index contributed by atoms with van der Waals surface area (Å²) in [5.41, 5.74) is 3.25. The summed E-state index contributed by atoms with van der Waals surface area (Å²) in [6.45, 7) is 7.53. The van der Waals surface area contributed by atoms with E-state index < -0.39 is 0 Å². The minimum Gasteiger partial charge on any atom is -0.378 e. The van der Waals surface area contributed by atoms with E-state index in [0.717, 1.165) is 49.4 Å². The zero-order valence-electron chi connectivity index (χ0n) is 17.2. The number of carbonyl (C=O) groups is 1. The lowest BCUT2D eigenvalue weighted by Crippen LogP contribution is -2.44. The van der Waals surface area contributed by atoms with Crippen LogP contribution in [0.25, 0.3) is 11.1 Å². The van der Waals surface area contributed by atoms with Crippen LogP contribution in [0.2, 0.25) is 0 Å². The van der Waals surface area contributed by atoms with E-state index in [4.69, 9.17) is 4.74 Å². The number of hydrogen-bond donors (Lipinski definition) is 1. The molecule has 0 aliphatic carbocycles. The Bertz CT molecular complexity index is 781. The number of nitrogens with zero attached hydrogens (tertiary/aromatic N) is 3. The van der Waals surface area contributed by atoms with Gasteiger partial charge in [-0.3, -0.25) is 4.79 Å². The van der Waals surface area contributed by atoms with Gasteiger partial charge in [-0.15, -0.1) is 0 Å². The Hall–Kier alpha value is -2.47. The maximum Gasteiger partial charge on any atom is 0.225 e. The van der Waals surface area contributed by atoms with Gasteiger partial charge in [0, 0.05) is 51.1 Å². The van der Waals surface area contributed by atoms with Crippen LogP contribution in [0.5, 0.6) is 0 Å². The van der Waals surface area contributed by atoms with Crippen LogP contribution in [0.4, 0.5) is 5.95 Å². The second-order valence-corrected chi connectivity index (χ2v) is 7.92. The first kappa shape index (κ1) is 20.3. The summed E-state index contributed by atoms with van der Waals surface area (Å²) in [6, 6.07) is 8.48. The maximum absolute atomic E-state index is 11.1. The Labute approximate surface area is 167 Å².